The van der Waals surface area contributed by atoms with Crippen molar-refractivity contribution in [2.45, 2.75) is 45.6 Å². The van der Waals surface area contributed by atoms with E-state index < -0.39 is 11.4 Å². The lowest BCUT2D eigenvalue weighted by Gasteiger charge is -2.47. The summed E-state index contributed by atoms with van der Waals surface area (Å²) in [6.45, 7) is 16.0. The number of aromatic nitrogens is 4. The molecule has 1 aromatic carbocycles. The number of fused-ring (bicyclic) bond motifs is 1. The number of furan rings is 1. The number of nitrogens with one attached hydrogen (secondary N) is 1. The van der Waals surface area contributed by atoms with Gasteiger partial charge in [-0.05, 0) is 37.5 Å². The van der Waals surface area contributed by atoms with Crippen molar-refractivity contribution in [3.8, 4) is 11.3 Å². The number of aromatic amines is 1. The average molecular weight is 537 g/mol. The molecule has 1 amide bonds. The molecule has 1 saturated heterocycles. The van der Waals surface area contributed by atoms with Gasteiger partial charge in [-0.2, -0.15) is 5.10 Å². The van der Waals surface area contributed by atoms with E-state index in [4.69, 9.17) is 21.0 Å². The van der Waals surface area contributed by atoms with Crippen LogP contribution in [0.3, 0.4) is 0 Å². The molecule has 0 bridgehead atoms. The fourth-order valence-electron chi connectivity index (χ4n) is 4.88. The average Bonchev–Trinajstić information content (AvgIpc) is 3.53. The smallest absolute Gasteiger partial charge is 0.290 e. The van der Waals surface area contributed by atoms with Gasteiger partial charge in [-0.25, -0.2) is 14.4 Å². The first-order chi connectivity index (χ1) is 17.8. The lowest BCUT2D eigenvalue weighted by Crippen LogP contribution is -2.60. The lowest BCUT2D eigenvalue weighted by atomic mass is 9.86. The van der Waals surface area contributed by atoms with Crippen molar-refractivity contribution in [1.82, 2.24) is 30.0 Å². The third kappa shape index (κ3) is 4.67. The second-order valence-corrected chi connectivity index (χ2v) is 11.6. The van der Waals surface area contributed by atoms with Crippen molar-refractivity contribution in [1.29, 1.82) is 0 Å². The van der Waals surface area contributed by atoms with E-state index in [1.165, 1.54) is 18.5 Å². The number of hydrogen-bond acceptors (Lipinski definition) is 6. The van der Waals surface area contributed by atoms with Crippen LogP contribution < -0.4 is 0 Å². The van der Waals surface area contributed by atoms with E-state index in [2.05, 4.69) is 47.4 Å². The molecule has 0 spiro atoms. The van der Waals surface area contributed by atoms with Crippen LogP contribution in [0.5, 0.6) is 0 Å². The van der Waals surface area contributed by atoms with E-state index in [-0.39, 0.29) is 22.1 Å². The molecule has 38 heavy (non-hydrogen) atoms. The van der Waals surface area contributed by atoms with Crippen molar-refractivity contribution >= 4 is 34.3 Å². The summed E-state index contributed by atoms with van der Waals surface area (Å²) in [4.78, 5) is 26.6. The summed E-state index contributed by atoms with van der Waals surface area (Å²) in [5, 5.41) is 6.80. The van der Waals surface area contributed by atoms with Gasteiger partial charge < -0.3 is 14.2 Å². The number of piperazine rings is 1. The Morgan fingerprint density at radius 3 is 2.61 bits per heavy atom. The maximum absolute atomic E-state index is 14.2. The molecule has 4 heterocycles. The van der Waals surface area contributed by atoms with Gasteiger partial charge in [0.2, 0.25) is 0 Å². The zero-order valence-corrected chi connectivity index (χ0v) is 22.9. The van der Waals surface area contributed by atoms with E-state index in [1.54, 1.807) is 12.1 Å². The van der Waals surface area contributed by atoms with Crippen LogP contribution in [0.25, 0.3) is 28.1 Å². The summed E-state index contributed by atoms with van der Waals surface area (Å²) in [7, 11) is 0. The highest BCUT2D eigenvalue weighted by molar-refractivity contribution is 6.30. The van der Waals surface area contributed by atoms with Gasteiger partial charge in [-0.15, -0.1) is 0 Å². The van der Waals surface area contributed by atoms with Gasteiger partial charge in [-0.1, -0.05) is 45.0 Å². The number of halogens is 2. The van der Waals surface area contributed by atoms with Crippen LogP contribution in [-0.4, -0.2) is 61.0 Å². The van der Waals surface area contributed by atoms with E-state index in [1.807, 2.05) is 24.8 Å². The van der Waals surface area contributed by atoms with Crippen LogP contribution in [0.1, 0.15) is 56.6 Å². The van der Waals surface area contributed by atoms with E-state index in [0.717, 1.165) is 11.3 Å². The van der Waals surface area contributed by atoms with Gasteiger partial charge in [0.25, 0.3) is 5.91 Å². The molecular weight excluding hydrogens is 507 g/mol. The first-order valence-electron chi connectivity index (χ1n) is 12.4. The molecule has 1 aliphatic heterocycles. The number of carbonyl (C=O) groups excluding carboxylic acids is 1. The molecule has 10 heteroatoms. The van der Waals surface area contributed by atoms with Crippen LogP contribution in [-0.2, 0) is 5.41 Å². The summed E-state index contributed by atoms with van der Waals surface area (Å²) in [5.74, 6) is 0.0960. The largest absolute Gasteiger partial charge is 0.449 e. The van der Waals surface area contributed by atoms with Crippen molar-refractivity contribution < 1.29 is 13.6 Å². The van der Waals surface area contributed by atoms with Crippen molar-refractivity contribution in [2.24, 2.45) is 0 Å². The molecule has 198 valence electrons. The fourth-order valence-corrected chi connectivity index (χ4v) is 4.99. The highest BCUT2D eigenvalue weighted by Gasteiger charge is 2.39. The van der Waals surface area contributed by atoms with E-state index >= 15 is 0 Å². The summed E-state index contributed by atoms with van der Waals surface area (Å²) in [6, 6.07) is 8.17. The Bertz CT molecular complexity index is 1540. The molecule has 5 rings (SSSR count). The molecule has 1 N–H and O–H groups in total. The Hall–Kier alpha value is -3.72. The van der Waals surface area contributed by atoms with Crippen LogP contribution >= 0.6 is 11.6 Å². The molecule has 0 unspecified atom stereocenters. The Morgan fingerprint density at radius 2 is 1.97 bits per heavy atom. The van der Waals surface area contributed by atoms with Crippen molar-refractivity contribution in [3.63, 3.8) is 0 Å². The van der Waals surface area contributed by atoms with Gasteiger partial charge in [0, 0.05) is 36.8 Å². The standard InChI is InChI=1S/C28H30ClFN6O2/c1-16(25-31-15-32-34-25)35-9-10-36(28(5,6)14-35)26(37)23-13-22-24(38-23)18(27(2,3)4)12-21(33-22)17-7-8-19(29)20(30)11-17/h7-8,11-13,15H,1,9-10,14H2,2-6H3,(H,31,32,34). The minimum absolute atomic E-state index is 0.0502. The summed E-state index contributed by atoms with van der Waals surface area (Å²) in [5.41, 5.74) is 3.05. The normalized spacial score (nSPS) is 15.8. The third-order valence-corrected chi connectivity index (χ3v) is 7.24. The first kappa shape index (κ1) is 25.9. The number of H-pyrrole nitrogens is 1. The maximum Gasteiger partial charge on any atom is 0.290 e. The molecule has 1 aliphatic rings. The Balaban J connectivity index is 1.48. The topological polar surface area (TPSA) is 91.2 Å². The number of benzene rings is 1. The molecule has 3 aromatic heterocycles. The first-order valence-corrected chi connectivity index (χ1v) is 12.7. The van der Waals surface area contributed by atoms with E-state index in [0.29, 0.717) is 47.8 Å². The molecule has 1 fully saturated rings. The number of carbonyl (C=O) groups is 1. The van der Waals surface area contributed by atoms with Crippen LogP contribution in [0.4, 0.5) is 4.39 Å². The monoisotopic (exact) mass is 536 g/mol. The summed E-state index contributed by atoms with van der Waals surface area (Å²) >= 11 is 5.89. The fraction of sp³-hybridized carbons (Fsp3) is 0.357. The molecule has 8 nitrogen and oxygen atoms in total. The Kier molecular flexibility index (Phi) is 6.30. The number of pyridine rings is 1. The molecule has 0 radical (unpaired) electrons. The minimum atomic E-state index is -0.515. The zero-order valence-electron chi connectivity index (χ0n) is 22.1. The third-order valence-electron chi connectivity index (χ3n) is 6.93. The van der Waals surface area contributed by atoms with Crippen molar-refractivity contribution in [3.05, 3.63) is 71.2 Å². The number of nitrogens with zero attached hydrogens (tertiary/aromatic N) is 5. The number of amides is 1. The highest BCUT2D eigenvalue weighted by Crippen LogP contribution is 2.36. The molecule has 0 saturated carbocycles. The summed E-state index contributed by atoms with van der Waals surface area (Å²) in [6.07, 6.45) is 1.45. The second-order valence-electron chi connectivity index (χ2n) is 11.2. The highest BCUT2D eigenvalue weighted by atomic mass is 35.5. The predicted octanol–water partition coefficient (Wildman–Crippen LogP) is 5.91. The molecule has 4 aromatic rings. The van der Waals surface area contributed by atoms with Crippen LogP contribution in [0, 0.1) is 5.82 Å². The molecule has 0 atom stereocenters. The number of rotatable bonds is 4. The quantitative estimate of drug-likeness (QED) is 0.348. The SMILES string of the molecule is C=C(c1ncn[nH]1)N1CCN(C(=O)c2cc3nc(-c4ccc(Cl)c(F)c4)cc(C(C)(C)C)c3o2)C(C)(C)C1. The van der Waals surface area contributed by atoms with E-state index in [9.17, 15) is 9.18 Å². The Labute approximate surface area is 225 Å². The number of hydrogen-bond donors (Lipinski definition) is 1. The van der Waals surface area contributed by atoms with Gasteiger partial charge in [0.1, 0.15) is 17.7 Å². The molecular formula is C28H30ClFN6O2. The Morgan fingerprint density at radius 1 is 1.21 bits per heavy atom. The van der Waals surface area contributed by atoms with Gasteiger partial charge >= 0.3 is 0 Å². The predicted molar refractivity (Wildman–Crippen MR) is 145 cm³/mol. The minimum Gasteiger partial charge on any atom is -0.449 e. The molecule has 0 aliphatic carbocycles. The second kappa shape index (κ2) is 9.23. The van der Waals surface area contributed by atoms with Gasteiger partial charge in [0.15, 0.2) is 17.2 Å². The van der Waals surface area contributed by atoms with Crippen LogP contribution in [0.15, 0.2) is 47.7 Å². The lowest BCUT2D eigenvalue weighted by molar-refractivity contribution is 0.0287. The zero-order chi connectivity index (χ0) is 27.4. The maximum atomic E-state index is 14.2. The summed E-state index contributed by atoms with van der Waals surface area (Å²) < 4.78 is 20.4. The van der Waals surface area contributed by atoms with Crippen molar-refractivity contribution in [2.75, 3.05) is 19.6 Å². The van der Waals surface area contributed by atoms with Crippen LogP contribution in [0.2, 0.25) is 5.02 Å². The van der Waals surface area contributed by atoms with Gasteiger partial charge in [0.05, 0.1) is 22.0 Å². The van der Waals surface area contributed by atoms with Gasteiger partial charge in [-0.3, -0.25) is 9.89 Å².